The van der Waals surface area contributed by atoms with Crippen LogP contribution in [0, 0.1) is 5.92 Å². The van der Waals surface area contributed by atoms with Gasteiger partial charge in [-0.05, 0) is 47.9 Å². The summed E-state index contributed by atoms with van der Waals surface area (Å²) >= 11 is 0. The number of fused-ring (bicyclic) bond motifs is 3. The van der Waals surface area contributed by atoms with Crippen LogP contribution in [-0.2, 0) is 14.3 Å². The van der Waals surface area contributed by atoms with Crippen molar-refractivity contribution in [3.63, 3.8) is 0 Å². The van der Waals surface area contributed by atoms with Crippen LogP contribution >= 0.6 is 0 Å². The van der Waals surface area contributed by atoms with Crippen LogP contribution < -0.4 is 5.32 Å². The summed E-state index contributed by atoms with van der Waals surface area (Å²) in [6.07, 6.45) is 1.61. The summed E-state index contributed by atoms with van der Waals surface area (Å²) in [5.74, 6) is -1.23. The Bertz CT molecular complexity index is 1020. The first-order valence-electron chi connectivity index (χ1n) is 12.0. The molecule has 1 heterocycles. The van der Waals surface area contributed by atoms with E-state index in [0.717, 1.165) is 41.5 Å². The zero-order valence-electron chi connectivity index (χ0n) is 19.7. The third-order valence-corrected chi connectivity index (χ3v) is 7.15. The van der Waals surface area contributed by atoms with Crippen molar-refractivity contribution in [3.05, 3.63) is 59.7 Å². The van der Waals surface area contributed by atoms with Gasteiger partial charge >= 0.3 is 12.1 Å². The van der Waals surface area contributed by atoms with Crippen LogP contribution in [0.2, 0.25) is 0 Å². The fourth-order valence-electron chi connectivity index (χ4n) is 5.18. The first-order chi connectivity index (χ1) is 16.4. The lowest BCUT2D eigenvalue weighted by molar-refractivity contribution is -0.144. The van der Waals surface area contributed by atoms with Gasteiger partial charge in [0.1, 0.15) is 12.6 Å². The number of ether oxygens (including phenoxy) is 1. The number of carbonyl (C=O) groups is 3. The average Bonchev–Trinajstić information content (AvgIpc) is 3.15. The number of likely N-dealkylation sites (tertiary alicyclic amines) is 1. The maximum atomic E-state index is 13.2. The molecule has 1 unspecified atom stereocenters. The minimum absolute atomic E-state index is 0.0101. The van der Waals surface area contributed by atoms with E-state index in [4.69, 9.17) is 4.74 Å². The van der Waals surface area contributed by atoms with Crippen molar-refractivity contribution in [1.82, 2.24) is 10.2 Å². The SMILES string of the molecule is CC[C@@H]1CC[C@H](C)N(C(=O)C(CC(=O)O)NC(=O)OCC2c3ccccc3-c3ccccc32)C1. The van der Waals surface area contributed by atoms with Crippen molar-refractivity contribution in [2.75, 3.05) is 13.2 Å². The lowest BCUT2D eigenvalue weighted by atomic mass is 9.91. The molecule has 7 nitrogen and oxygen atoms in total. The van der Waals surface area contributed by atoms with Gasteiger partial charge in [0.15, 0.2) is 0 Å². The number of carboxylic acids is 1. The molecule has 34 heavy (non-hydrogen) atoms. The minimum atomic E-state index is -1.16. The molecule has 1 aliphatic heterocycles. The molecule has 0 spiro atoms. The van der Waals surface area contributed by atoms with E-state index in [0.29, 0.717) is 12.5 Å². The Morgan fingerprint density at radius 2 is 1.68 bits per heavy atom. The number of rotatable bonds is 7. The molecule has 0 aromatic heterocycles. The largest absolute Gasteiger partial charge is 0.481 e. The van der Waals surface area contributed by atoms with Crippen LogP contribution in [-0.4, -0.2) is 53.2 Å². The van der Waals surface area contributed by atoms with Gasteiger partial charge < -0.3 is 20.1 Å². The van der Waals surface area contributed by atoms with E-state index in [1.54, 1.807) is 4.90 Å². The number of hydrogen-bond donors (Lipinski definition) is 2. The van der Waals surface area contributed by atoms with Crippen LogP contribution in [0.25, 0.3) is 11.1 Å². The van der Waals surface area contributed by atoms with Gasteiger partial charge in [-0.2, -0.15) is 0 Å². The number of nitrogens with one attached hydrogen (secondary N) is 1. The summed E-state index contributed by atoms with van der Waals surface area (Å²) in [7, 11) is 0. The van der Waals surface area contributed by atoms with Gasteiger partial charge in [0, 0.05) is 18.5 Å². The Balaban J connectivity index is 1.44. The Morgan fingerprint density at radius 3 is 2.26 bits per heavy atom. The molecule has 1 fully saturated rings. The van der Waals surface area contributed by atoms with E-state index < -0.39 is 24.5 Å². The summed E-state index contributed by atoms with van der Waals surface area (Å²) in [5.41, 5.74) is 4.41. The maximum absolute atomic E-state index is 13.2. The van der Waals surface area contributed by atoms with E-state index in [9.17, 15) is 19.5 Å². The van der Waals surface area contributed by atoms with E-state index in [2.05, 4.69) is 24.4 Å². The molecule has 0 bridgehead atoms. The fourth-order valence-corrected chi connectivity index (χ4v) is 5.18. The van der Waals surface area contributed by atoms with Gasteiger partial charge in [-0.3, -0.25) is 9.59 Å². The van der Waals surface area contributed by atoms with Crippen LogP contribution in [0.15, 0.2) is 48.5 Å². The summed E-state index contributed by atoms with van der Waals surface area (Å²) in [5, 5.41) is 11.9. The van der Waals surface area contributed by atoms with Gasteiger partial charge in [-0.25, -0.2) is 4.79 Å². The number of piperidine rings is 1. The smallest absolute Gasteiger partial charge is 0.407 e. The highest BCUT2D eigenvalue weighted by atomic mass is 16.5. The zero-order valence-corrected chi connectivity index (χ0v) is 19.7. The predicted molar refractivity (Wildman–Crippen MR) is 128 cm³/mol. The maximum Gasteiger partial charge on any atom is 0.407 e. The van der Waals surface area contributed by atoms with Gasteiger partial charge in [-0.1, -0.05) is 61.9 Å². The second-order valence-corrected chi connectivity index (χ2v) is 9.31. The molecule has 0 saturated carbocycles. The standard InChI is InChI=1S/C27H32N2O5/c1-3-18-13-12-17(2)29(15-18)26(32)24(14-25(30)31)28-27(33)34-16-23-21-10-6-4-8-19(21)20-9-5-7-11-22(20)23/h4-11,17-18,23-24H,3,12-16H2,1-2H3,(H,28,33)(H,30,31)/t17-,18+,24?/m0/s1. The van der Waals surface area contributed by atoms with Crippen molar-refractivity contribution >= 4 is 18.0 Å². The molecular formula is C27H32N2O5. The predicted octanol–water partition coefficient (Wildman–Crippen LogP) is 4.41. The Morgan fingerprint density at radius 1 is 1.06 bits per heavy atom. The average molecular weight is 465 g/mol. The summed E-state index contributed by atoms with van der Waals surface area (Å²) in [4.78, 5) is 39.1. The van der Waals surface area contributed by atoms with Crippen LogP contribution in [0.5, 0.6) is 0 Å². The summed E-state index contributed by atoms with van der Waals surface area (Å²) < 4.78 is 5.54. The summed E-state index contributed by atoms with van der Waals surface area (Å²) in [6.45, 7) is 4.74. The molecule has 7 heteroatoms. The minimum Gasteiger partial charge on any atom is -0.481 e. The van der Waals surface area contributed by atoms with Crippen LogP contribution in [0.3, 0.4) is 0 Å². The number of aliphatic carboxylic acids is 1. The number of alkyl carbamates (subject to hydrolysis) is 1. The van der Waals surface area contributed by atoms with Gasteiger partial charge in [0.05, 0.1) is 6.42 Å². The third kappa shape index (κ3) is 4.93. The van der Waals surface area contributed by atoms with Crippen molar-refractivity contribution in [2.45, 2.75) is 57.5 Å². The third-order valence-electron chi connectivity index (χ3n) is 7.15. The number of benzene rings is 2. The van der Waals surface area contributed by atoms with E-state index in [-0.39, 0.29) is 24.5 Å². The highest BCUT2D eigenvalue weighted by Gasteiger charge is 2.35. The quantitative estimate of drug-likeness (QED) is 0.633. The van der Waals surface area contributed by atoms with Gasteiger partial charge in [0.25, 0.3) is 0 Å². The lowest BCUT2D eigenvalue weighted by Gasteiger charge is -2.39. The first kappa shape index (κ1) is 23.8. The van der Waals surface area contributed by atoms with E-state index in [1.807, 2.05) is 43.3 Å². The molecule has 180 valence electrons. The molecule has 0 radical (unpaired) electrons. The highest BCUT2D eigenvalue weighted by Crippen LogP contribution is 2.44. The topological polar surface area (TPSA) is 95.9 Å². The fraction of sp³-hybridized carbons (Fsp3) is 0.444. The van der Waals surface area contributed by atoms with Crippen molar-refractivity contribution < 1.29 is 24.2 Å². The first-order valence-corrected chi connectivity index (χ1v) is 12.0. The normalized spacial score (nSPS) is 20.2. The molecule has 2 aromatic carbocycles. The molecule has 2 N–H and O–H groups in total. The lowest BCUT2D eigenvalue weighted by Crippen LogP contribution is -2.54. The van der Waals surface area contributed by atoms with Crippen LogP contribution in [0.4, 0.5) is 4.79 Å². The van der Waals surface area contributed by atoms with Gasteiger partial charge in [0.2, 0.25) is 5.91 Å². The molecule has 2 amide bonds. The molecular weight excluding hydrogens is 432 g/mol. The van der Waals surface area contributed by atoms with Crippen molar-refractivity contribution in [3.8, 4) is 11.1 Å². The second kappa shape index (κ2) is 10.3. The molecule has 1 aliphatic carbocycles. The Labute approximate surface area is 200 Å². The van der Waals surface area contributed by atoms with Crippen molar-refractivity contribution in [2.24, 2.45) is 5.92 Å². The zero-order chi connectivity index (χ0) is 24.2. The van der Waals surface area contributed by atoms with Crippen molar-refractivity contribution in [1.29, 1.82) is 0 Å². The molecule has 2 aliphatic rings. The monoisotopic (exact) mass is 464 g/mol. The molecule has 3 atom stereocenters. The second-order valence-electron chi connectivity index (χ2n) is 9.31. The Hall–Kier alpha value is -3.35. The van der Waals surface area contributed by atoms with Crippen LogP contribution in [0.1, 0.15) is 56.6 Å². The summed E-state index contributed by atoms with van der Waals surface area (Å²) in [6, 6.07) is 14.9. The van der Waals surface area contributed by atoms with Gasteiger partial charge in [-0.15, -0.1) is 0 Å². The van der Waals surface area contributed by atoms with E-state index in [1.165, 1.54) is 0 Å². The van der Waals surface area contributed by atoms with E-state index >= 15 is 0 Å². The number of amides is 2. The Kier molecular flexibility index (Phi) is 7.20. The number of nitrogens with zero attached hydrogens (tertiary/aromatic N) is 1. The molecule has 2 aromatic rings. The highest BCUT2D eigenvalue weighted by molar-refractivity contribution is 5.89. The number of carbonyl (C=O) groups excluding carboxylic acids is 2. The molecule has 1 saturated heterocycles. The number of carboxylic acid groups (broad SMARTS) is 1. The number of hydrogen-bond acceptors (Lipinski definition) is 4. The molecule has 4 rings (SSSR count).